The number of rotatable bonds is 6. The first kappa shape index (κ1) is 22.5. The molecule has 1 N–H and O–H groups in total. The summed E-state index contributed by atoms with van der Waals surface area (Å²) in [7, 11) is -3.92. The van der Waals surface area contributed by atoms with Gasteiger partial charge in [-0.25, -0.2) is 17.6 Å². The van der Waals surface area contributed by atoms with E-state index in [4.69, 9.17) is 4.74 Å². The normalized spacial score (nSPS) is 18.0. The molecule has 4 rings (SSSR count). The molecule has 1 heterocycles. The fourth-order valence-electron chi connectivity index (χ4n) is 4.10. The number of carbonyl (C=O) groups is 1. The van der Waals surface area contributed by atoms with Crippen LogP contribution in [0.15, 0.2) is 53.4 Å². The molecule has 0 unspecified atom stereocenters. The van der Waals surface area contributed by atoms with Gasteiger partial charge in [0.05, 0.1) is 6.10 Å². The van der Waals surface area contributed by atoms with Gasteiger partial charge in [0.25, 0.3) is 0 Å². The summed E-state index contributed by atoms with van der Waals surface area (Å²) in [5.41, 5.74) is 0.956. The van der Waals surface area contributed by atoms with Crippen LogP contribution in [0.4, 0.5) is 9.18 Å². The van der Waals surface area contributed by atoms with Crippen LogP contribution in [0.2, 0.25) is 0 Å². The fourth-order valence-corrected chi connectivity index (χ4v) is 5.59. The Morgan fingerprint density at radius 2 is 1.66 bits per heavy atom. The summed E-state index contributed by atoms with van der Waals surface area (Å²) >= 11 is 0. The standard InChI is InChI=1S/C23H28FN3O4S/c24-21-7-3-4-8-22(21)32(29,30)27-15-13-26(14-16-27)23(28)25-17-18-9-11-20(12-10-18)31-19-5-1-2-6-19/h3-4,7-12,19H,1-2,5-6,13-17H2,(H,25,28). The molecule has 1 saturated carbocycles. The van der Waals surface area contributed by atoms with Gasteiger partial charge in [-0.1, -0.05) is 24.3 Å². The molecule has 2 amide bonds. The summed E-state index contributed by atoms with van der Waals surface area (Å²) in [6, 6.07) is 12.8. The highest BCUT2D eigenvalue weighted by Gasteiger charge is 2.31. The van der Waals surface area contributed by atoms with E-state index in [9.17, 15) is 17.6 Å². The van der Waals surface area contributed by atoms with E-state index in [1.165, 1.54) is 35.3 Å². The molecule has 2 aromatic carbocycles. The fraction of sp³-hybridized carbons (Fsp3) is 0.435. The van der Waals surface area contributed by atoms with Crippen molar-refractivity contribution in [3.05, 3.63) is 59.9 Å². The van der Waals surface area contributed by atoms with Crippen LogP contribution >= 0.6 is 0 Å². The molecular weight excluding hydrogens is 433 g/mol. The SMILES string of the molecule is O=C(NCc1ccc(OC2CCCC2)cc1)N1CCN(S(=O)(=O)c2ccccc2F)CC1. The van der Waals surface area contributed by atoms with Crippen LogP contribution in [0.3, 0.4) is 0 Å². The third-order valence-corrected chi connectivity index (χ3v) is 7.88. The minimum Gasteiger partial charge on any atom is -0.490 e. The predicted octanol–water partition coefficient (Wildman–Crippen LogP) is 3.36. The first-order valence-corrected chi connectivity index (χ1v) is 12.4. The second-order valence-corrected chi connectivity index (χ2v) is 10.1. The number of urea groups is 1. The third-order valence-electron chi connectivity index (χ3n) is 5.95. The summed E-state index contributed by atoms with van der Waals surface area (Å²) in [6.45, 7) is 1.10. The topological polar surface area (TPSA) is 79.0 Å². The van der Waals surface area contributed by atoms with Crippen LogP contribution in [0, 0.1) is 5.82 Å². The molecule has 1 saturated heterocycles. The zero-order valence-corrected chi connectivity index (χ0v) is 18.7. The number of nitrogens with zero attached hydrogens (tertiary/aromatic N) is 2. The quantitative estimate of drug-likeness (QED) is 0.716. The maximum absolute atomic E-state index is 13.9. The van der Waals surface area contributed by atoms with Crippen LogP contribution in [0.25, 0.3) is 0 Å². The molecule has 0 bridgehead atoms. The zero-order valence-electron chi connectivity index (χ0n) is 17.9. The number of piperazine rings is 1. The Balaban J connectivity index is 1.25. The smallest absolute Gasteiger partial charge is 0.317 e. The van der Waals surface area contributed by atoms with Crippen LogP contribution in [0.1, 0.15) is 31.2 Å². The Morgan fingerprint density at radius 3 is 2.31 bits per heavy atom. The maximum Gasteiger partial charge on any atom is 0.317 e. The van der Waals surface area contributed by atoms with E-state index in [0.717, 1.165) is 30.2 Å². The molecule has 0 radical (unpaired) electrons. The molecule has 32 heavy (non-hydrogen) atoms. The average molecular weight is 462 g/mol. The first-order valence-electron chi connectivity index (χ1n) is 11.0. The highest BCUT2D eigenvalue weighted by Crippen LogP contribution is 2.24. The minimum atomic E-state index is -3.92. The Hall–Kier alpha value is -2.65. The van der Waals surface area contributed by atoms with E-state index in [0.29, 0.717) is 12.6 Å². The lowest BCUT2D eigenvalue weighted by Gasteiger charge is -2.34. The molecule has 1 aliphatic carbocycles. The van der Waals surface area contributed by atoms with Crippen LogP contribution in [-0.2, 0) is 16.6 Å². The van der Waals surface area contributed by atoms with E-state index in [1.807, 2.05) is 24.3 Å². The molecule has 0 aromatic heterocycles. The monoisotopic (exact) mass is 461 g/mol. The Morgan fingerprint density at radius 1 is 1.00 bits per heavy atom. The number of carbonyl (C=O) groups excluding carboxylic acids is 1. The van der Waals surface area contributed by atoms with Crippen molar-refractivity contribution in [3.8, 4) is 5.75 Å². The molecule has 2 aromatic rings. The van der Waals surface area contributed by atoms with Gasteiger partial charge >= 0.3 is 6.03 Å². The lowest BCUT2D eigenvalue weighted by Crippen LogP contribution is -2.53. The van der Waals surface area contributed by atoms with Crippen molar-refractivity contribution in [1.29, 1.82) is 0 Å². The molecule has 9 heteroatoms. The van der Waals surface area contributed by atoms with Gasteiger partial charge < -0.3 is 15.0 Å². The van der Waals surface area contributed by atoms with Gasteiger partial charge in [-0.3, -0.25) is 0 Å². The highest BCUT2D eigenvalue weighted by molar-refractivity contribution is 7.89. The van der Waals surface area contributed by atoms with Crippen LogP contribution in [0.5, 0.6) is 5.75 Å². The van der Waals surface area contributed by atoms with E-state index in [1.54, 1.807) is 4.90 Å². The number of hydrogen-bond acceptors (Lipinski definition) is 4. The molecule has 2 aliphatic rings. The average Bonchev–Trinajstić information content (AvgIpc) is 3.32. The van der Waals surface area contributed by atoms with Gasteiger partial charge in [-0.15, -0.1) is 0 Å². The maximum atomic E-state index is 13.9. The number of nitrogens with one attached hydrogen (secondary N) is 1. The molecule has 0 atom stereocenters. The number of benzene rings is 2. The van der Waals surface area contributed by atoms with Crippen molar-refractivity contribution in [2.24, 2.45) is 0 Å². The lowest BCUT2D eigenvalue weighted by molar-refractivity contribution is 0.172. The Kier molecular flexibility index (Phi) is 6.95. The number of halogens is 1. The molecular formula is C23H28FN3O4S. The van der Waals surface area contributed by atoms with Crippen LogP contribution < -0.4 is 10.1 Å². The summed E-state index contributed by atoms with van der Waals surface area (Å²) < 4.78 is 46.5. The largest absolute Gasteiger partial charge is 0.490 e. The van der Waals surface area contributed by atoms with Crippen molar-refractivity contribution in [3.63, 3.8) is 0 Å². The Bertz CT molecular complexity index is 1030. The van der Waals surface area contributed by atoms with Gasteiger partial charge in [0, 0.05) is 32.7 Å². The lowest BCUT2D eigenvalue weighted by atomic mass is 10.2. The number of hydrogen-bond donors (Lipinski definition) is 1. The van der Waals surface area contributed by atoms with Crippen molar-refractivity contribution in [2.75, 3.05) is 26.2 Å². The molecule has 1 aliphatic heterocycles. The molecule has 0 spiro atoms. The van der Waals surface area contributed by atoms with Gasteiger partial charge in [0.2, 0.25) is 10.0 Å². The number of sulfonamides is 1. The third kappa shape index (κ3) is 5.21. The van der Waals surface area contributed by atoms with Crippen LogP contribution in [-0.4, -0.2) is 55.9 Å². The van der Waals surface area contributed by atoms with Crippen molar-refractivity contribution in [1.82, 2.24) is 14.5 Å². The summed E-state index contributed by atoms with van der Waals surface area (Å²) in [6.07, 6.45) is 4.96. The zero-order chi connectivity index (χ0) is 22.6. The summed E-state index contributed by atoms with van der Waals surface area (Å²) in [5, 5.41) is 2.87. The Labute approximate surface area is 188 Å². The summed E-state index contributed by atoms with van der Waals surface area (Å²) in [5.74, 6) is 0.0755. The van der Waals surface area contributed by atoms with Crippen molar-refractivity contribution in [2.45, 2.75) is 43.2 Å². The molecule has 2 fully saturated rings. The minimum absolute atomic E-state index is 0.122. The van der Waals surface area contributed by atoms with Gasteiger partial charge in [-0.2, -0.15) is 4.31 Å². The second kappa shape index (κ2) is 9.87. The van der Waals surface area contributed by atoms with Gasteiger partial charge in [0.15, 0.2) is 0 Å². The van der Waals surface area contributed by atoms with E-state index < -0.39 is 15.8 Å². The number of amides is 2. The first-order chi connectivity index (χ1) is 15.4. The molecule has 7 nitrogen and oxygen atoms in total. The van der Waals surface area contributed by atoms with E-state index in [2.05, 4.69) is 5.32 Å². The van der Waals surface area contributed by atoms with Gasteiger partial charge in [0.1, 0.15) is 16.5 Å². The summed E-state index contributed by atoms with van der Waals surface area (Å²) in [4.78, 5) is 13.8. The van der Waals surface area contributed by atoms with Crippen molar-refractivity contribution < 1.29 is 22.3 Å². The number of ether oxygens (including phenoxy) is 1. The molecule has 172 valence electrons. The second-order valence-electron chi connectivity index (χ2n) is 8.15. The highest BCUT2D eigenvalue weighted by atomic mass is 32.2. The van der Waals surface area contributed by atoms with Gasteiger partial charge in [-0.05, 0) is 55.5 Å². The van der Waals surface area contributed by atoms with E-state index in [-0.39, 0.29) is 37.1 Å². The predicted molar refractivity (Wildman–Crippen MR) is 118 cm³/mol. The van der Waals surface area contributed by atoms with E-state index >= 15 is 0 Å². The van der Waals surface area contributed by atoms with Crippen molar-refractivity contribution >= 4 is 16.1 Å².